The lowest BCUT2D eigenvalue weighted by atomic mass is 10.0. The van der Waals surface area contributed by atoms with Gasteiger partial charge in [-0.05, 0) is 25.3 Å². The molecule has 0 aromatic carbocycles. The summed E-state index contributed by atoms with van der Waals surface area (Å²) in [5, 5.41) is 18.8. The van der Waals surface area contributed by atoms with Gasteiger partial charge in [0.2, 0.25) is 5.91 Å². The molecule has 0 saturated heterocycles. The molecule has 112 valence electrons. The Hall–Kier alpha value is -1.96. The summed E-state index contributed by atoms with van der Waals surface area (Å²) in [6.45, 7) is 2.72. The molecule has 1 rings (SSSR count). The van der Waals surface area contributed by atoms with E-state index in [2.05, 4.69) is 22.6 Å². The zero-order chi connectivity index (χ0) is 15.0. The SMILES string of the molecule is CC(CCN)CCC(=O)NCc1cn(CC(=O)O)nn1. The summed E-state index contributed by atoms with van der Waals surface area (Å²) < 4.78 is 1.22. The molecule has 0 saturated carbocycles. The highest BCUT2D eigenvalue weighted by Gasteiger charge is 2.08. The van der Waals surface area contributed by atoms with E-state index in [1.54, 1.807) is 0 Å². The van der Waals surface area contributed by atoms with Crippen molar-refractivity contribution < 1.29 is 14.7 Å². The monoisotopic (exact) mass is 283 g/mol. The molecule has 20 heavy (non-hydrogen) atoms. The zero-order valence-electron chi connectivity index (χ0n) is 11.6. The first-order valence-electron chi connectivity index (χ1n) is 6.58. The Balaban J connectivity index is 2.26. The van der Waals surface area contributed by atoms with Gasteiger partial charge in [0.25, 0.3) is 0 Å². The number of carboxylic acids is 1. The van der Waals surface area contributed by atoms with Crippen LogP contribution in [0.3, 0.4) is 0 Å². The van der Waals surface area contributed by atoms with Crippen LogP contribution >= 0.6 is 0 Å². The summed E-state index contributed by atoms with van der Waals surface area (Å²) in [7, 11) is 0. The summed E-state index contributed by atoms with van der Waals surface area (Å²) in [5.41, 5.74) is 5.98. The average molecular weight is 283 g/mol. The number of carbonyl (C=O) groups is 2. The Morgan fingerprint density at radius 1 is 1.50 bits per heavy atom. The molecular weight excluding hydrogens is 262 g/mol. The van der Waals surface area contributed by atoms with Gasteiger partial charge in [-0.25, -0.2) is 4.68 Å². The highest BCUT2D eigenvalue weighted by atomic mass is 16.4. The van der Waals surface area contributed by atoms with Crippen molar-refractivity contribution >= 4 is 11.9 Å². The van der Waals surface area contributed by atoms with E-state index in [0.29, 0.717) is 24.6 Å². The number of carbonyl (C=O) groups excluding carboxylic acids is 1. The van der Waals surface area contributed by atoms with Crippen LogP contribution in [0, 0.1) is 5.92 Å². The lowest BCUT2D eigenvalue weighted by molar-refractivity contribution is -0.138. The van der Waals surface area contributed by atoms with Gasteiger partial charge in [-0.1, -0.05) is 12.1 Å². The number of amides is 1. The Labute approximate surface area is 117 Å². The molecule has 0 aliphatic rings. The topological polar surface area (TPSA) is 123 Å². The maximum atomic E-state index is 11.6. The summed E-state index contributed by atoms with van der Waals surface area (Å²) in [6, 6.07) is 0. The quantitative estimate of drug-likeness (QED) is 0.574. The van der Waals surface area contributed by atoms with Crippen LogP contribution in [0.4, 0.5) is 0 Å². The van der Waals surface area contributed by atoms with Gasteiger partial charge in [0.05, 0.1) is 12.7 Å². The molecule has 0 fully saturated rings. The number of hydrogen-bond donors (Lipinski definition) is 3. The van der Waals surface area contributed by atoms with E-state index in [1.807, 2.05) is 0 Å². The number of aliphatic carboxylic acids is 1. The standard InChI is InChI=1S/C12H21N5O3/c1-9(4-5-13)2-3-11(18)14-6-10-7-17(16-15-10)8-12(19)20/h7,9H,2-6,8,13H2,1H3,(H,14,18)(H,19,20). The van der Waals surface area contributed by atoms with Crippen molar-refractivity contribution in [2.24, 2.45) is 11.7 Å². The fourth-order valence-electron chi connectivity index (χ4n) is 1.72. The van der Waals surface area contributed by atoms with Crippen LogP contribution in [-0.2, 0) is 22.7 Å². The second kappa shape index (κ2) is 8.26. The number of rotatable bonds is 9. The molecule has 0 aliphatic heterocycles. The lowest BCUT2D eigenvalue weighted by Gasteiger charge is -2.09. The molecule has 1 heterocycles. The van der Waals surface area contributed by atoms with Crippen LogP contribution in [0.1, 0.15) is 31.9 Å². The molecule has 1 atom stereocenters. The second-order valence-electron chi connectivity index (χ2n) is 4.80. The summed E-state index contributed by atoms with van der Waals surface area (Å²) in [5.74, 6) is -0.608. The first-order chi connectivity index (χ1) is 9.51. The molecule has 8 nitrogen and oxygen atoms in total. The normalized spacial score (nSPS) is 12.1. The smallest absolute Gasteiger partial charge is 0.325 e. The molecule has 1 aromatic rings. The highest BCUT2D eigenvalue weighted by Crippen LogP contribution is 2.08. The van der Waals surface area contributed by atoms with Gasteiger partial charge in [-0.3, -0.25) is 9.59 Å². The Morgan fingerprint density at radius 2 is 2.25 bits per heavy atom. The Bertz CT molecular complexity index is 446. The maximum absolute atomic E-state index is 11.6. The maximum Gasteiger partial charge on any atom is 0.325 e. The fourth-order valence-corrected chi connectivity index (χ4v) is 1.72. The molecule has 8 heteroatoms. The molecule has 0 bridgehead atoms. The number of nitrogens with two attached hydrogens (primary N) is 1. The van der Waals surface area contributed by atoms with E-state index in [9.17, 15) is 9.59 Å². The third-order valence-corrected chi connectivity index (χ3v) is 2.87. The van der Waals surface area contributed by atoms with E-state index < -0.39 is 5.97 Å². The van der Waals surface area contributed by atoms with Gasteiger partial charge in [-0.15, -0.1) is 5.10 Å². The Kier molecular flexibility index (Phi) is 6.65. The number of nitrogens with one attached hydrogen (secondary N) is 1. The third kappa shape index (κ3) is 6.28. The predicted octanol–water partition coefficient (Wildman–Crippen LogP) is -0.256. The fraction of sp³-hybridized carbons (Fsp3) is 0.667. The summed E-state index contributed by atoms with van der Waals surface area (Å²) >= 11 is 0. The van der Waals surface area contributed by atoms with E-state index in [0.717, 1.165) is 12.8 Å². The van der Waals surface area contributed by atoms with Gasteiger partial charge < -0.3 is 16.2 Å². The van der Waals surface area contributed by atoms with Crippen molar-refractivity contribution in [1.29, 1.82) is 0 Å². The average Bonchev–Trinajstić information content (AvgIpc) is 2.81. The minimum atomic E-state index is -0.987. The van der Waals surface area contributed by atoms with E-state index in [1.165, 1.54) is 10.9 Å². The van der Waals surface area contributed by atoms with Crippen molar-refractivity contribution in [3.63, 3.8) is 0 Å². The largest absolute Gasteiger partial charge is 0.480 e. The number of carboxylic acid groups (broad SMARTS) is 1. The van der Waals surface area contributed by atoms with Gasteiger partial charge in [0, 0.05) is 6.42 Å². The molecule has 1 amide bonds. The highest BCUT2D eigenvalue weighted by molar-refractivity contribution is 5.75. The first-order valence-corrected chi connectivity index (χ1v) is 6.58. The number of aromatic nitrogens is 3. The molecule has 1 aromatic heterocycles. The summed E-state index contributed by atoms with van der Waals surface area (Å²) in [6.07, 6.45) is 3.67. The van der Waals surface area contributed by atoms with Crippen LogP contribution in [0.15, 0.2) is 6.20 Å². The lowest BCUT2D eigenvalue weighted by Crippen LogP contribution is -2.23. The summed E-state index contributed by atoms with van der Waals surface area (Å²) in [4.78, 5) is 22.1. The third-order valence-electron chi connectivity index (χ3n) is 2.87. The zero-order valence-corrected chi connectivity index (χ0v) is 11.6. The van der Waals surface area contributed by atoms with Crippen LogP contribution < -0.4 is 11.1 Å². The minimum absolute atomic E-state index is 0.0540. The van der Waals surface area contributed by atoms with Gasteiger partial charge in [-0.2, -0.15) is 0 Å². The van der Waals surface area contributed by atoms with Crippen molar-refractivity contribution in [2.75, 3.05) is 6.54 Å². The predicted molar refractivity (Wildman–Crippen MR) is 71.6 cm³/mol. The van der Waals surface area contributed by atoms with Gasteiger partial charge in [0.15, 0.2) is 0 Å². The van der Waals surface area contributed by atoms with E-state index in [-0.39, 0.29) is 19.0 Å². The van der Waals surface area contributed by atoms with Crippen molar-refractivity contribution in [2.45, 2.75) is 39.3 Å². The van der Waals surface area contributed by atoms with E-state index in [4.69, 9.17) is 10.8 Å². The number of nitrogens with zero attached hydrogens (tertiary/aromatic N) is 3. The van der Waals surface area contributed by atoms with Crippen molar-refractivity contribution in [3.05, 3.63) is 11.9 Å². The molecule has 0 aliphatic carbocycles. The van der Waals surface area contributed by atoms with Crippen LogP contribution in [0.5, 0.6) is 0 Å². The second-order valence-corrected chi connectivity index (χ2v) is 4.80. The van der Waals surface area contributed by atoms with Gasteiger partial charge >= 0.3 is 5.97 Å². The van der Waals surface area contributed by atoms with Crippen molar-refractivity contribution in [3.8, 4) is 0 Å². The molecule has 0 spiro atoms. The first kappa shape index (κ1) is 16.1. The van der Waals surface area contributed by atoms with E-state index >= 15 is 0 Å². The van der Waals surface area contributed by atoms with Crippen LogP contribution in [-0.4, -0.2) is 38.5 Å². The van der Waals surface area contributed by atoms with Gasteiger partial charge in [0.1, 0.15) is 12.2 Å². The molecule has 1 unspecified atom stereocenters. The Morgan fingerprint density at radius 3 is 2.90 bits per heavy atom. The van der Waals surface area contributed by atoms with Crippen molar-refractivity contribution in [1.82, 2.24) is 20.3 Å². The van der Waals surface area contributed by atoms with Crippen LogP contribution in [0.2, 0.25) is 0 Å². The molecule has 0 radical (unpaired) electrons. The van der Waals surface area contributed by atoms with Crippen LogP contribution in [0.25, 0.3) is 0 Å². The molecule has 4 N–H and O–H groups in total. The molecular formula is C12H21N5O3. The minimum Gasteiger partial charge on any atom is -0.480 e. The number of hydrogen-bond acceptors (Lipinski definition) is 5.